The average Bonchev–Trinajstić information content (AvgIpc) is 3.23. The molecule has 0 unspecified atom stereocenters. The maximum atomic E-state index is 12.8. The number of sulfonamides is 1. The average molecular weight is 470 g/mol. The van der Waals surface area contributed by atoms with Gasteiger partial charge in [-0.25, -0.2) is 13.4 Å². The van der Waals surface area contributed by atoms with E-state index in [1.165, 1.54) is 12.3 Å². The number of carbonyl (C=O) groups is 2. The molecule has 0 bridgehead atoms. The van der Waals surface area contributed by atoms with Crippen molar-refractivity contribution in [3.63, 3.8) is 0 Å². The quantitative estimate of drug-likeness (QED) is 0.497. The summed E-state index contributed by atoms with van der Waals surface area (Å²) < 4.78 is 25.7. The third-order valence-electron chi connectivity index (χ3n) is 5.29. The minimum atomic E-state index is -3.72. The standard InChI is InChI=1S/C21H23N7O4S/c1-3-33(31,32)26-16-12-17-18(24-25-19(17)22-13-16)20(29)23-15-6-4-14(5-7-15)21(30)28-10-8-27(2)9-11-28/h3-7,12-13,26H,1,8-11H2,2H3,(H,23,29)(H,22,24,25). The van der Waals surface area contributed by atoms with Crippen LogP contribution < -0.4 is 10.0 Å². The van der Waals surface area contributed by atoms with Crippen LogP contribution in [0.5, 0.6) is 0 Å². The van der Waals surface area contributed by atoms with Crippen molar-refractivity contribution in [1.82, 2.24) is 25.0 Å². The fourth-order valence-electron chi connectivity index (χ4n) is 3.42. The zero-order valence-electron chi connectivity index (χ0n) is 17.9. The molecule has 0 saturated carbocycles. The predicted molar refractivity (Wildman–Crippen MR) is 124 cm³/mol. The first-order valence-corrected chi connectivity index (χ1v) is 11.7. The summed E-state index contributed by atoms with van der Waals surface area (Å²) in [4.78, 5) is 33.5. The molecule has 0 atom stereocenters. The number of anilines is 2. The molecule has 3 N–H and O–H groups in total. The summed E-state index contributed by atoms with van der Waals surface area (Å²) in [5.41, 5.74) is 1.59. The third-order valence-corrected chi connectivity index (χ3v) is 6.25. The smallest absolute Gasteiger partial charge is 0.276 e. The number of aromatic amines is 1. The second kappa shape index (κ2) is 9.00. The van der Waals surface area contributed by atoms with E-state index in [1.807, 2.05) is 11.9 Å². The monoisotopic (exact) mass is 469 g/mol. The van der Waals surface area contributed by atoms with Gasteiger partial charge in [0.15, 0.2) is 11.3 Å². The lowest BCUT2D eigenvalue weighted by atomic mass is 10.1. The van der Waals surface area contributed by atoms with Crippen LogP contribution in [0.25, 0.3) is 11.0 Å². The van der Waals surface area contributed by atoms with Gasteiger partial charge < -0.3 is 15.1 Å². The minimum absolute atomic E-state index is 0.0418. The van der Waals surface area contributed by atoms with E-state index in [2.05, 4.69) is 36.7 Å². The Bertz CT molecular complexity index is 1310. The molecule has 11 nitrogen and oxygen atoms in total. The molecule has 0 aliphatic carbocycles. The molecule has 172 valence electrons. The van der Waals surface area contributed by atoms with Gasteiger partial charge in [-0.15, -0.1) is 0 Å². The van der Waals surface area contributed by atoms with E-state index in [0.717, 1.165) is 18.5 Å². The van der Waals surface area contributed by atoms with Crippen molar-refractivity contribution in [1.29, 1.82) is 0 Å². The van der Waals surface area contributed by atoms with Crippen LogP contribution in [0.1, 0.15) is 20.8 Å². The second-order valence-corrected chi connectivity index (χ2v) is 9.26. The molecule has 4 rings (SSSR count). The Morgan fingerprint density at radius 3 is 2.48 bits per heavy atom. The number of nitrogens with one attached hydrogen (secondary N) is 3. The van der Waals surface area contributed by atoms with Gasteiger partial charge in [0.1, 0.15) is 0 Å². The number of likely N-dealkylation sites (N-methyl/N-ethyl adjacent to an activating group) is 1. The van der Waals surface area contributed by atoms with Crippen LogP contribution in [0.15, 0.2) is 48.5 Å². The zero-order chi connectivity index (χ0) is 23.6. The van der Waals surface area contributed by atoms with E-state index in [1.54, 1.807) is 24.3 Å². The van der Waals surface area contributed by atoms with Gasteiger partial charge >= 0.3 is 0 Å². The van der Waals surface area contributed by atoms with Crippen LogP contribution in [-0.2, 0) is 10.0 Å². The number of carbonyl (C=O) groups excluding carboxylic acids is 2. The van der Waals surface area contributed by atoms with Crippen LogP contribution >= 0.6 is 0 Å². The summed E-state index contributed by atoms with van der Waals surface area (Å²) in [6.45, 7) is 6.27. The van der Waals surface area contributed by atoms with E-state index in [9.17, 15) is 18.0 Å². The third kappa shape index (κ3) is 5.02. The maximum absolute atomic E-state index is 12.8. The number of amides is 2. The van der Waals surface area contributed by atoms with Crippen molar-refractivity contribution < 1.29 is 18.0 Å². The molecule has 0 radical (unpaired) electrons. The number of pyridine rings is 1. The topological polar surface area (TPSA) is 140 Å². The number of rotatable bonds is 6. The minimum Gasteiger partial charge on any atom is -0.336 e. The summed E-state index contributed by atoms with van der Waals surface area (Å²) in [5, 5.41) is 10.5. The fourth-order valence-corrected chi connectivity index (χ4v) is 3.94. The number of benzene rings is 1. The van der Waals surface area contributed by atoms with Crippen molar-refractivity contribution in [2.24, 2.45) is 0 Å². The molecule has 12 heteroatoms. The van der Waals surface area contributed by atoms with Crippen LogP contribution in [-0.4, -0.2) is 78.4 Å². The Morgan fingerprint density at radius 1 is 1.12 bits per heavy atom. The molecular formula is C21H23N7O4S. The SMILES string of the molecule is C=CS(=O)(=O)Nc1cnc2[nH]nc(C(=O)Nc3ccc(C(=O)N4CCN(C)CC4)cc3)c2c1. The molecule has 33 heavy (non-hydrogen) atoms. The summed E-state index contributed by atoms with van der Waals surface area (Å²) in [6.07, 6.45) is 1.30. The molecule has 3 aromatic rings. The Morgan fingerprint density at radius 2 is 1.82 bits per heavy atom. The number of nitrogens with zero attached hydrogens (tertiary/aromatic N) is 4. The van der Waals surface area contributed by atoms with Gasteiger partial charge in [-0.05, 0) is 37.4 Å². The van der Waals surface area contributed by atoms with Crippen LogP contribution in [0.4, 0.5) is 11.4 Å². The number of H-pyrrole nitrogens is 1. The first kappa shape index (κ1) is 22.4. The van der Waals surface area contributed by atoms with Gasteiger partial charge in [0.05, 0.1) is 17.3 Å². The molecule has 1 aliphatic rings. The first-order valence-electron chi connectivity index (χ1n) is 10.1. The van der Waals surface area contributed by atoms with Gasteiger partial charge in [-0.3, -0.25) is 19.4 Å². The number of fused-ring (bicyclic) bond motifs is 1. The van der Waals surface area contributed by atoms with E-state index in [-0.39, 0.29) is 17.3 Å². The van der Waals surface area contributed by atoms with Gasteiger partial charge in [-0.2, -0.15) is 5.10 Å². The number of hydrogen-bond donors (Lipinski definition) is 3. The number of aromatic nitrogens is 3. The fraction of sp³-hybridized carbons (Fsp3) is 0.238. The van der Waals surface area contributed by atoms with Gasteiger partial charge in [0.2, 0.25) is 0 Å². The highest BCUT2D eigenvalue weighted by molar-refractivity contribution is 7.95. The number of piperazine rings is 1. The van der Waals surface area contributed by atoms with E-state index < -0.39 is 15.9 Å². The lowest BCUT2D eigenvalue weighted by Gasteiger charge is -2.32. The van der Waals surface area contributed by atoms with Gasteiger partial charge in [0.25, 0.3) is 21.8 Å². The maximum Gasteiger partial charge on any atom is 0.276 e. The van der Waals surface area contributed by atoms with Crippen molar-refractivity contribution in [2.45, 2.75) is 0 Å². The molecule has 1 aliphatic heterocycles. The summed E-state index contributed by atoms with van der Waals surface area (Å²) in [5.74, 6) is -0.551. The lowest BCUT2D eigenvalue weighted by molar-refractivity contribution is 0.0664. The molecule has 1 aromatic carbocycles. The van der Waals surface area contributed by atoms with Crippen molar-refractivity contribution in [3.8, 4) is 0 Å². The molecule has 3 heterocycles. The Kier molecular flexibility index (Phi) is 6.11. The van der Waals surface area contributed by atoms with Crippen LogP contribution in [0.3, 0.4) is 0 Å². The molecule has 1 fully saturated rings. The normalized spacial score (nSPS) is 14.8. The predicted octanol–water partition coefficient (Wildman–Crippen LogP) is 1.48. The largest absolute Gasteiger partial charge is 0.336 e. The van der Waals surface area contributed by atoms with E-state index in [4.69, 9.17) is 0 Å². The Balaban J connectivity index is 1.48. The highest BCUT2D eigenvalue weighted by atomic mass is 32.2. The molecule has 2 amide bonds. The van der Waals surface area contributed by atoms with Crippen molar-refractivity contribution in [3.05, 3.63) is 59.8 Å². The van der Waals surface area contributed by atoms with Gasteiger partial charge in [-0.1, -0.05) is 6.58 Å². The highest BCUT2D eigenvalue weighted by Gasteiger charge is 2.21. The summed E-state index contributed by atoms with van der Waals surface area (Å²) in [7, 11) is -1.69. The summed E-state index contributed by atoms with van der Waals surface area (Å²) in [6, 6.07) is 8.10. The van der Waals surface area contributed by atoms with Crippen molar-refractivity contribution >= 4 is 44.2 Å². The first-order chi connectivity index (χ1) is 15.8. The van der Waals surface area contributed by atoms with E-state index in [0.29, 0.717) is 35.4 Å². The lowest BCUT2D eigenvalue weighted by Crippen LogP contribution is -2.47. The van der Waals surface area contributed by atoms with Crippen molar-refractivity contribution in [2.75, 3.05) is 43.3 Å². The van der Waals surface area contributed by atoms with Crippen LogP contribution in [0.2, 0.25) is 0 Å². The molecule has 0 spiro atoms. The number of hydrogen-bond acceptors (Lipinski definition) is 7. The molecule has 1 saturated heterocycles. The molecule has 2 aromatic heterocycles. The second-order valence-electron chi connectivity index (χ2n) is 7.63. The van der Waals surface area contributed by atoms with E-state index >= 15 is 0 Å². The van der Waals surface area contributed by atoms with Crippen LogP contribution in [0, 0.1) is 0 Å². The highest BCUT2D eigenvalue weighted by Crippen LogP contribution is 2.21. The molecular weight excluding hydrogens is 446 g/mol. The Hall–Kier alpha value is -3.77. The summed E-state index contributed by atoms with van der Waals surface area (Å²) >= 11 is 0. The zero-order valence-corrected chi connectivity index (χ0v) is 18.7. The van der Waals surface area contributed by atoms with Gasteiger partial charge in [0, 0.05) is 42.8 Å². The Labute approximate surface area is 190 Å².